The van der Waals surface area contributed by atoms with Gasteiger partial charge in [-0.05, 0) is 57.7 Å². The van der Waals surface area contributed by atoms with Gasteiger partial charge in [-0.1, -0.05) is 18.2 Å². The van der Waals surface area contributed by atoms with Crippen LogP contribution in [0.15, 0.2) is 41.8 Å². The van der Waals surface area contributed by atoms with Gasteiger partial charge in [-0.25, -0.2) is 9.78 Å². The Morgan fingerprint density at radius 1 is 1.21 bits per heavy atom. The van der Waals surface area contributed by atoms with Crippen molar-refractivity contribution < 1.29 is 19.1 Å². The van der Waals surface area contributed by atoms with Gasteiger partial charge in [-0.3, -0.25) is 14.5 Å². The molecular weight excluding hydrogens is 452 g/mol. The van der Waals surface area contributed by atoms with E-state index < -0.39 is 11.7 Å². The Hall–Kier alpha value is -3.20. The SMILES string of the molecule is CC(=O)N(c1ccccc1)c1nc(/C=C/C(=O)N2CCC(CNC(=O)OC(C)(C)C)CC2)cs1. The highest BCUT2D eigenvalue weighted by Crippen LogP contribution is 2.29. The third-order valence-corrected chi connectivity index (χ3v) is 6.13. The Bertz CT molecular complexity index is 1020. The predicted octanol–water partition coefficient (Wildman–Crippen LogP) is 4.60. The molecule has 34 heavy (non-hydrogen) atoms. The number of nitrogens with zero attached hydrogens (tertiary/aromatic N) is 3. The van der Waals surface area contributed by atoms with E-state index in [0.29, 0.717) is 36.4 Å². The molecule has 8 nitrogen and oxygen atoms in total. The molecule has 9 heteroatoms. The lowest BCUT2D eigenvalue weighted by molar-refractivity contribution is -0.127. The summed E-state index contributed by atoms with van der Waals surface area (Å²) in [4.78, 5) is 44.5. The number of para-hydroxylation sites is 1. The summed E-state index contributed by atoms with van der Waals surface area (Å²) in [6.07, 6.45) is 4.44. The van der Waals surface area contributed by atoms with Crippen LogP contribution in [0.1, 0.15) is 46.2 Å². The molecule has 0 aliphatic carbocycles. The fraction of sp³-hybridized carbons (Fsp3) is 0.440. The minimum atomic E-state index is -0.518. The van der Waals surface area contributed by atoms with E-state index in [1.54, 1.807) is 15.9 Å². The molecule has 0 saturated carbocycles. The highest BCUT2D eigenvalue weighted by Gasteiger charge is 2.23. The lowest BCUT2D eigenvalue weighted by Gasteiger charge is -2.31. The number of anilines is 2. The Labute approximate surface area is 204 Å². The Morgan fingerprint density at radius 2 is 1.88 bits per heavy atom. The Morgan fingerprint density at radius 3 is 2.50 bits per heavy atom. The number of carbonyl (C=O) groups is 3. The van der Waals surface area contributed by atoms with Gasteiger partial charge in [0.2, 0.25) is 11.8 Å². The van der Waals surface area contributed by atoms with Gasteiger partial charge in [0.15, 0.2) is 5.13 Å². The average Bonchev–Trinajstić information content (AvgIpc) is 3.24. The molecule has 0 unspecified atom stereocenters. The zero-order valence-corrected chi connectivity index (χ0v) is 20.9. The molecule has 0 radical (unpaired) electrons. The number of alkyl carbamates (subject to hydrolysis) is 1. The monoisotopic (exact) mass is 484 g/mol. The summed E-state index contributed by atoms with van der Waals surface area (Å²) in [6, 6.07) is 9.34. The first-order chi connectivity index (χ1) is 16.1. The smallest absolute Gasteiger partial charge is 0.407 e. The molecule has 1 aliphatic heterocycles. The Kier molecular flexibility index (Phi) is 8.44. The molecule has 1 fully saturated rings. The molecule has 2 aromatic rings. The van der Waals surface area contributed by atoms with Crippen molar-refractivity contribution in [1.29, 1.82) is 0 Å². The largest absolute Gasteiger partial charge is 0.444 e. The van der Waals surface area contributed by atoms with Crippen molar-refractivity contribution in [2.24, 2.45) is 5.92 Å². The summed E-state index contributed by atoms with van der Waals surface area (Å²) in [6.45, 7) is 8.82. The molecular formula is C25H32N4O4S. The van der Waals surface area contributed by atoms with Crippen molar-refractivity contribution in [1.82, 2.24) is 15.2 Å². The van der Waals surface area contributed by atoms with Crippen molar-refractivity contribution >= 4 is 46.1 Å². The molecule has 1 saturated heterocycles. The van der Waals surface area contributed by atoms with E-state index in [-0.39, 0.29) is 11.8 Å². The minimum absolute atomic E-state index is 0.0698. The number of piperidine rings is 1. The lowest BCUT2D eigenvalue weighted by Crippen LogP contribution is -2.41. The fourth-order valence-electron chi connectivity index (χ4n) is 3.62. The molecule has 3 amide bonds. The molecule has 0 bridgehead atoms. The predicted molar refractivity (Wildman–Crippen MR) is 134 cm³/mol. The van der Waals surface area contributed by atoms with Crippen LogP contribution in [0.5, 0.6) is 0 Å². The Balaban J connectivity index is 1.50. The van der Waals surface area contributed by atoms with E-state index in [1.165, 1.54) is 24.3 Å². The van der Waals surface area contributed by atoms with Gasteiger partial charge in [0, 0.05) is 38.0 Å². The number of benzene rings is 1. The van der Waals surface area contributed by atoms with Crippen molar-refractivity contribution in [2.45, 2.75) is 46.1 Å². The number of hydrogen-bond donors (Lipinski definition) is 1. The van der Waals surface area contributed by atoms with E-state index in [0.717, 1.165) is 18.5 Å². The first-order valence-electron chi connectivity index (χ1n) is 11.4. The maximum atomic E-state index is 12.6. The third-order valence-electron chi connectivity index (χ3n) is 5.29. The molecule has 182 valence electrons. The summed E-state index contributed by atoms with van der Waals surface area (Å²) >= 11 is 1.35. The normalized spacial score (nSPS) is 14.8. The molecule has 3 rings (SSSR count). The second kappa shape index (κ2) is 11.3. The molecule has 1 N–H and O–H groups in total. The molecule has 0 spiro atoms. The lowest BCUT2D eigenvalue weighted by atomic mass is 9.97. The van der Waals surface area contributed by atoms with E-state index in [2.05, 4.69) is 10.3 Å². The van der Waals surface area contributed by atoms with Crippen LogP contribution in [0.3, 0.4) is 0 Å². The van der Waals surface area contributed by atoms with Gasteiger partial charge >= 0.3 is 6.09 Å². The highest BCUT2D eigenvalue weighted by molar-refractivity contribution is 7.14. The number of rotatable bonds is 6. The summed E-state index contributed by atoms with van der Waals surface area (Å²) in [5.41, 5.74) is 0.864. The topological polar surface area (TPSA) is 91.8 Å². The van der Waals surface area contributed by atoms with Crippen molar-refractivity contribution in [3.63, 3.8) is 0 Å². The molecule has 1 aliphatic rings. The molecule has 1 aromatic heterocycles. The maximum absolute atomic E-state index is 12.6. The van der Waals surface area contributed by atoms with E-state index >= 15 is 0 Å². The second-order valence-electron chi connectivity index (χ2n) is 9.23. The molecule has 2 heterocycles. The first-order valence-corrected chi connectivity index (χ1v) is 12.3. The second-order valence-corrected chi connectivity index (χ2v) is 10.1. The molecule has 0 atom stereocenters. The fourth-order valence-corrected chi connectivity index (χ4v) is 4.48. The van der Waals surface area contributed by atoms with Gasteiger partial charge < -0.3 is 15.0 Å². The van der Waals surface area contributed by atoms with Crippen LogP contribution in [-0.2, 0) is 14.3 Å². The zero-order valence-electron chi connectivity index (χ0n) is 20.1. The number of thiazole rings is 1. The highest BCUT2D eigenvalue weighted by atomic mass is 32.1. The minimum Gasteiger partial charge on any atom is -0.444 e. The quantitative estimate of drug-likeness (QED) is 0.605. The van der Waals surface area contributed by atoms with Gasteiger partial charge in [-0.15, -0.1) is 11.3 Å². The number of amides is 3. The van der Waals surface area contributed by atoms with Crippen LogP contribution < -0.4 is 10.2 Å². The van der Waals surface area contributed by atoms with E-state index in [1.807, 2.05) is 56.5 Å². The third kappa shape index (κ3) is 7.41. The van der Waals surface area contributed by atoms with Gasteiger partial charge in [0.1, 0.15) is 5.60 Å². The number of nitrogens with one attached hydrogen (secondary N) is 1. The van der Waals surface area contributed by atoms with Crippen molar-refractivity contribution in [3.05, 3.63) is 47.5 Å². The number of hydrogen-bond acceptors (Lipinski definition) is 6. The van der Waals surface area contributed by atoms with Gasteiger partial charge in [-0.2, -0.15) is 0 Å². The number of carbonyl (C=O) groups excluding carboxylic acids is 3. The van der Waals surface area contributed by atoms with Crippen molar-refractivity contribution in [3.8, 4) is 0 Å². The van der Waals surface area contributed by atoms with Crippen LogP contribution in [0, 0.1) is 5.92 Å². The summed E-state index contributed by atoms with van der Waals surface area (Å²) in [5.74, 6) is 0.118. The molecule has 1 aromatic carbocycles. The van der Waals surface area contributed by atoms with Crippen LogP contribution >= 0.6 is 11.3 Å². The van der Waals surface area contributed by atoms with Gasteiger partial charge in [0.05, 0.1) is 11.4 Å². The maximum Gasteiger partial charge on any atom is 0.407 e. The van der Waals surface area contributed by atoms with Crippen LogP contribution in [-0.4, -0.2) is 53.0 Å². The van der Waals surface area contributed by atoms with Crippen LogP contribution in [0.2, 0.25) is 0 Å². The number of ether oxygens (including phenoxy) is 1. The van der Waals surface area contributed by atoms with Crippen LogP contribution in [0.25, 0.3) is 6.08 Å². The summed E-state index contributed by atoms with van der Waals surface area (Å²) in [7, 11) is 0. The number of aromatic nitrogens is 1. The summed E-state index contributed by atoms with van der Waals surface area (Å²) in [5, 5.41) is 5.20. The van der Waals surface area contributed by atoms with Crippen molar-refractivity contribution in [2.75, 3.05) is 24.5 Å². The summed E-state index contributed by atoms with van der Waals surface area (Å²) < 4.78 is 5.27. The van der Waals surface area contributed by atoms with Crippen LogP contribution in [0.4, 0.5) is 15.6 Å². The standard InChI is InChI=1S/C25H32N4O4S/c1-18(30)29(21-8-6-5-7-9-21)23-27-20(17-34-23)10-11-22(31)28-14-12-19(13-15-28)16-26-24(32)33-25(2,3)4/h5-11,17,19H,12-16H2,1-4H3,(H,26,32)/b11-10+. The van der Waals surface area contributed by atoms with E-state index in [4.69, 9.17) is 4.74 Å². The number of likely N-dealkylation sites (tertiary alicyclic amines) is 1. The zero-order chi connectivity index (χ0) is 24.7. The van der Waals surface area contributed by atoms with E-state index in [9.17, 15) is 14.4 Å². The van der Waals surface area contributed by atoms with Gasteiger partial charge in [0.25, 0.3) is 0 Å². The first kappa shape index (κ1) is 25.4. The average molecular weight is 485 g/mol.